The van der Waals surface area contributed by atoms with Gasteiger partial charge in [-0.25, -0.2) is 5.43 Å². The average molecular weight is 377 g/mol. The zero-order chi connectivity index (χ0) is 18.7. The number of carbonyl (C=O) groups excluding carboxylic acids is 1. The molecule has 0 saturated carbocycles. The van der Waals surface area contributed by atoms with E-state index in [2.05, 4.69) is 10.5 Å². The molecule has 1 heterocycles. The fourth-order valence-electron chi connectivity index (χ4n) is 2.22. The predicted octanol–water partition coefficient (Wildman–Crippen LogP) is 1.61. The Balaban J connectivity index is 1.68. The Kier molecular flexibility index (Phi) is 4.90. The molecule has 1 atom stereocenters. The molecule has 3 rings (SSSR count). The number of nitrogens with one attached hydrogen (secondary N) is 1. The number of amides is 1. The highest BCUT2D eigenvalue weighted by Crippen LogP contribution is 2.31. The van der Waals surface area contributed by atoms with E-state index >= 15 is 0 Å². The first-order valence-corrected chi connectivity index (χ1v) is 7.70. The monoisotopic (exact) mass is 376 g/mol. The molecular formula is C16H11ClN3O6-. The molecule has 0 unspecified atom stereocenters. The van der Waals surface area contributed by atoms with Crippen LogP contribution in [0.2, 0.25) is 5.02 Å². The summed E-state index contributed by atoms with van der Waals surface area (Å²) in [6.45, 7) is -0.00614. The van der Waals surface area contributed by atoms with E-state index in [1.807, 2.05) is 0 Å². The highest BCUT2D eigenvalue weighted by molar-refractivity contribution is 6.31. The zero-order valence-electron chi connectivity index (χ0n) is 13.0. The van der Waals surface area contributed by atoms with Gasteiger partial charge < -0.3 is 14.6 Å². The lowest BCUT2D eigenvalue weighted by Gasteiger charge is -2.24. The summed E-state index contributed by atoms with van der Waals surface area (Å²) in [5, 5.41) is 26.4. The van der Waals surface area contributed by atoms with Crippen LogP contribution in [0.5, 0.6) is 17.2 Å². The average Bonchev–Trinajstić information content (AvgIpc) is 2.63. The highest BCUT2D eigenvalue weighted by atomic mass is 35.5. The number of benzene rings is 2. The van der Waals surface area contributed by atoms with Crippen molar-refractivity contribution in [1.82, 2.24) is 5.43 Å². The van der Waals surface area contributed by atoms with Crippen molar-refractivity contribution in [3.05, 3.63) is 57.1 Å². The summed E-state index contributed by atoms with van der Waals surface area (Å²) in [7, 11) is 0. The van der Waals surface area contributed by atoms with Gasteiger partial charge in [-0.1, -0.05) is 23.7 Å². The van der Waals surface area contributed by atoms with Crippen LogP contribution in [0, 0.1) is 10.1 Å². The van der Waals surface area contributed by atoms with E-state index in [4.69, 9.17) is 21.1 Å². The van der Waals surface area contributed by atoms with Crippen molar-refractivity contribution in [3.63, 3.8) is 0 Å². The van der Waals surface area contributed by atoms with Gasteiger partial charge in [0.15, 0.2) is 11.5 Å². The minimum atomic E-state index is -0.928. The van der Waals surface area contributed by atoms with Crippen LogP contribution in [0.3, 0.4) is 0 Å². The summed E-state index contributed by atoms with van der Waals surface area (Å²) in [5.41, 5.74) is 1.40. The molecule has 26 heavy (non-hydrogen) atoms. The lowest BCUT2D eigenvalue weighted by Crippen LogP contribution is -2.42. The van der Waals surface area contributed by atoms with Gasteiger partial charge in [0.05, 0.1) is 11.1 Å². The summed E-state index contributed by atoms with van der Waals surface area (Å²) in [6.07, 6.45) is 0.0546. The second kappa shape index (κ2) is 7.28. The molecule has 1 N–H and O–H groups in total. The maximum atomic E-state index is 12.1. The maximum Gasteiger partial charge on any atom is 0.284 e. The van der Waals surface area contributed by atoms with Crippen LogP contribution in [0.4, 0.5) is 5.69 Å². The van der Waals surface area contributed by atoms with Crippen molar-refractivity contribution in [1.29, 1.82) is 0 Å². The lowest BCUT2D eigenvalue weighted by molar-refractivity contribution is -0.398. The maximum absolute atomic E-state index is 12.1. The van der Waals surface area contributed by atoms with E-state index in [1.54, 1.807) is 24.3 Å². The SMILES string of the molecule is O=C(N/N=C/c1cc(Cl)cc([N+](=O)[O-])c1[O-])[C@@H]1COc2ccccc2O1. The Morgan fingerprint density at radius 3 is 2.81 bits per heavy atom. The number of carbonyl (C=O) groups is 1. The number of hydrogen-bond donors (Lipinski definition) is 1. The number of para-hydroxylation sites is 2. The molecular weight excluding hydrogens is 366 g/mol. The Morgan fingerprint density at radius 1 is 1.35 bits per heavy atom. The van der Waals surface area contributed by atoms with Crippen LogP contribution in [0.1, 0.15) is 5.56 Å². The van der Waals surface area contributed by atoms with Gasteiger partial charge in [0.1, 0.15) is 6.61 Å². The molecule has 0 spiro atoms. The van der Waals surface area contributed by atoms with Crippen molar-refractivity contribution in [3.8, 4) is 17.2 Å². The first kappa shape index (κ1) is 17.5. The third kappa shape index (κ3) is 3.67. The number of nitrogens with zero attached hydrogens (tertiary/aromatic N) is 2. The molecule has 0 aromatic heterocycles. The third-order valence-electron chi connectivity index (χ3n) is 3.44. The quantitative estimate of drug-likeness (QED) is 0.490. The number of hydrazone groups is 1. The minimum Gasteiger partial charge on any atom is -0.867 e. The minimum absolute atomic E-state index is 0.00435. The molecule has 2 aromatic carbocycles. The largest absolute Gasteiger partial charge is 0.867 e. The lowest BCUT2D eigenvalue weighted by atomic mass is 10.2. The van der Waals surface area contributed by atoms with Gasteiger partial charge in [-0.05, 0) is 29.5 Å². The topological polar surface area (TPSA) is 126 Å². The Hall–Kier alpha value is -3.33. The molecule has 1 aliphatic rings. The molecule has 2 aromatic rings. The summed E-state index contributed by atoms with van der Waals surface area (Å²) >= 11 is 5.75. The van der Waals surface area contributed by atoms with E-state index in [1.165, 1.54) is 6.07 Å². The molecule has 0 aliphatic carbocycles. The van der Waals surface area contributed by atoms with Gasteiger partial charge >= 0.3 is 0 Å². The summed E-state index contributed by atoms with van der Waals surface area (Å²) < 4.78 is 10.9. The number of nitro benzene ring substituents is 1. The highest BCUT2D eigenvalue weighted by Gasteiger charge is 2.27. The normalized spacial score (nSPS) is 15.7. The fourth-order valence-corrected chi connectivity index (χ4v) is 2.44. The van der Waals surface area contributed by atoms with Gasteiger partial charge in [-0.2, -0.15) is 5.10 Å². The van der Waals surface area contributed by atoms with Crippen LogP contribution in [0.25, 0.3) is 0 Å². The Bertz CT molecular complexity index is 902. The van der Waals surface area contributed by atoms with E-state index in [0.29, 0.717) is 11.5 Å². The number of ether oxygens (including phenoxy) is 2. The molecule has 0 bridgehead atoms. The van der Waals surface area contributed by atoms with E-state index in [9.17, 15) is 20.0 Å². The van der Waals surface area contributed by atoms with Gasteiger partial charge in [-0.3, -0.25) is 14.9 Å². The van der Waals surface area contributed by atoms with Crippen LogP contribution in [0.15, 0.2) is 41.5 Å². The summed E-state index contributed by atoms with van der Waals surface area (Å²) in [4.78, 5) is 22.1. The van der Waals surface area contributed by atoms with E-state index < -0.39 is 28.4 Å². The molecule has 10 heteroatoms. The fraction of sp³-hybridized carbons (Fsp3) is 0.125. The van der Waals surface area contributed by atoms with Crippen molar-refractivity contribution < 1.29 is 24.3 Å². The molecule has 1 amide bonds. The molecule has 134 valence electrons. The number of fused-ring (bicyclic) bond motifs is 1. The van der Waals surface area contributed by atoms with Crippen LogP contribution in [-0.4, -0.2) is 29.8 Å². The van der Waals surface area contributed by atoms with Crippen molar-refractivity contribution in [2.45, 2.75) is 6.10 Å². The van der Waals surface area contributed by atoms with Crippen LogP contribution < -0.4 is 20.0 Å². The standard InChI is InChI=1S/C16H12ClN3O6/c17-10-5-9(15(21)11(6-10)20(23)24)7-18-19-16(22)14-8-25-12-3-1-2-4-13(12)26-14/h1-7,14,21H,8H2,(H,19,22)/p-1/b18-7+/t14-/m0/s1. The Morgan fingerprint density at radius 2 is 2.08 bits per heavy atom. The second-order valence-corrected chi connectivity index (χ2v) is 5.64. The first-order valence-electron chi connectivity index (χ1n) is 7.32. The van der Waals surface area contributed by atoms with Crippen LogP contribution >= 0.6 is 11.6 Å². The van der Waals surface area contributed by atoms with Crippen molar-refractivity contribution >= 4 is 29.4 Å². The number of rotatable bonds is 4. The van der Waals surface area contributed by atoms with Gasteiger partial charge in [-0.15, -0.1) is 0 Å². The summed E-state index contributed by atoms with van der Waals surface area (Å²) in [6, 6.07) is 9.05. The Labute approximate surface area is 151 Å². The summed E-state index contributed by atoms with van der Waals surface area (Å²) in [5.74, 6) is -0.499. The molecule has 0 radical (unpaired) electrons. The van der Waals surface area contributed by atoms with Gasteiger partial charge in [0.2, 0.25) is 6.10 Å². The number of halogens is 1. The molecule has 0 fully saturated rings. The second-order valence-electron chi connectivity index (χ2n) is 5.20. The predicted molar refractivity (Wildman–Crippen MR) is 89.6 cm³/mol. The molecule has 9 nitrogen and oxygen atoms in total. The van der Waals surface area contributed by atoms with Crippen LogP contribution in [-0.2, 0) is 4.79 Å². The smallest absolute Gasteiger partial charge is 0.284 e. The van der Waals surface area contributed by atoms with E-state index in [-0.39, 0.29) is 17.2 Å². The number of hydrogen-bond acceptors (Lipinski definition) is 7. The van der Waals surface area contributed by atoms with Gasteiger partial charge in [0, 0.05) is 11.1 Å². The molecule has 0 saturated heterocycles. The van der Waals surface area contributed by atoms with E-state index in [0.717, 1.165) is 12.3 Å². The van der Waals surface area contributed by atoms with Crippen molar-refractivity contribution in [2.75, 3.05) is 6.61 Å². The van der Waals surface area contributed by atoms with Crippen molar-refractivity contribution in [2.24, 2.45) is 5.10 Å². The zero-order valence-corrected chi connectivity index (χ0v) is 13.8. The van der Waals surface area contributed by atoms with Gasteiger partial charge in [0.25, 0.3) is 11.6 Å². The third-order valence-corrected chi connectivity index (χ3v) is 3.66. The molecule has 1 aliphatic heterocycles. The first-order chi connectivity index (χ1) is 12.5. The number of nitro groups is 1.